The third-order valence-electron chi connectivity index (χ3n) is 5.38. The normalized spacial score (nSPS) is 13.1. The Morgan fingerprint density at radius 3 is 1.88 bits per heavy atom. The minimum atomic E-state index is -3.74. The number of oxazole rings is 2. The van der Waals surface area contributed by atoms with Gasteiger partial charge in [-0.1, -0.05) is 54.1 Å². The Kier molecular flexibility index (Phi) is 5.23. The van der Waals surface area contributed by atoms with E-state index in [0.29, 0.717) is 6.08 Å². The second-order valence-corrected chi connectivity index (χ2v) is 8.01. The third kappa shape index (κ3) is 4.19. The number of nitrogens with zero attached hydrogens (tertiary/aromatic N) is 2. The summed E-state index contributed by atoms with van der Waals surface area (Å²) in [5, 5.41) is 0. The lowest BCUT2D eigenvalue weighted by Crippen LogP contribution is -2.17. The van der Waals surface area contributed by atoms with Crippen LogP contribution in [-0.2, 0) is 11.8 Å². The molecule has 0 atom stereocenters. The van der Waals surface area contributed by atoms with Gasteiger partial charge in [-0.15, -0.1) is 0 Å². The molecule has 0 N–H and O–H groups in total. The fourth-order valence-electron chi connectivity index (χ4n) is 3.64. The second kappa shape index (κ2) is 8.13. The minimum Gasteiger partial charge on any atom is -0.435 e. The fourth-order valence-corrected chi connectivity index (χ4v) is 3.64. The molecule has 0 unspecified atom stereocenters. The summed E-state index contributed by atoms with van der Waals surface area (Å²) in [7, 11) is 0. The van der Waals surface area contributed by atoms with Gasteiger partial charge in [0.15, 0.2) is 11.2 Å². The molecule has 0 saturated carbocycles. The lowest BCUT2D eigenvalue weighted by Gasteiger charge is -2.18. The molecule has 8 heteroatoms. The summed E-state index contributed by atoms with van der Waals surface area (Å²) in [6.45, 7) is 1.81. The van der Waals surface area contributed by atoms with E-state index in [1.807, 2.05) is 6.92 Å². The lowest BCUT2D eigenvalue weighted by atomic mass is 9.96. The van der Waals surface area contributed by atoms with Gasteiger partial charge >= 0.3 is 11.8 Å². The van der Waals surface area contributed by atoms with Gasteiger partial charge in [0.25, 0.3) is 11.8 Å². The Balaban J connectivity index is 1.57. The molecule has 0 aliphatic rings. The van der Waals surface area contributed by atoms with Crippen LogP contribution in [0.4, 0.5) is 17.6 Å². The van der Waals surface area contributed by atoms with Crippen molar-refractivity contribution in [3.63, 3.8) is 0 Å². The highest BCUT2D eigenvalue weighted by Gasteiger charge is 2.42. The van der Waals surface area contributed by atoms with Gasteiger partial charge in [0, 0.05) is 6.42 Å². The molecule has 172 valence electrons. The molecule has 2 heterocycles. The first-order valence-electron chi connectivity index (χ1n) is 10.5. The topological polar surface area (TPSA) is 52.1 Å². The number of aromatic nitrogens is 2. The molecule has 0 saturated heterocycles. The first-order chi connectivity index (χ1) is 16.2. The molecular weight excluding hydrogens is 448 g/mol. The summed E-state index contributed by atoms with van der Waals surface area (Å²) in [4.78, 5) is 7.72. The molecule has 34 heavy (non-hydrogen) atoms. The van der Waals surface area contributed by atoms with Crippen molar-refractivity contribution in [3.05, 3.63) is 102 Å². The van der Waals surface area contributed by atoms with E-state index in [9.17, 15) is 0 Å². The number of alkyl halides is 4. The number of rotatable bonds is 6. The van der Waals surface area contributed by atoms with E-state index in [2.05, 4.69) is 9.97 Å². The van der Waals surface area contributed by atoms with E-state index < -0.39 is 30.0 Å². The molecule has 0 fully saturated rings. The molecule has 0 amide bonds. The van der Waals surface area contributed by atoms with E-state index in [1.54, 1.807) is 36.4 Å². The van der Waals surface area contributed by atoms with Crippen molar-refractivity contribution in [1.82, 2.24) is 9.97 Å². The summed E-state index contributed by atoms with van der Waals surface area (Å²) in [6.07, 6.45) is -0.586. The number of allylic oxidation sites excluding steroid dienone is 2. The van der Waals surface area contributed by atoms with Crippen LogP contribution < -0.4 is 0 Å². The maximum Gasteiger partial charge on any atom is 0.341 e. The van der Waals surface area contributed by atoms with Crippen molar-refractivity contribution in [1.29, 1.82) is 0 Å². The SMILES string of the molecule is Cc1ccc(/C(=C\C(F)(F)c2nc3ccccc3o2)CC(F)(F)c2nc3ccccc3o2)cc1. The largest absolute Gasteiger partial charge is 0.435 e. The quantitative estimate of drug-likeness (QED) is 0.241. The molecule has 2 aromatic heterocycles. The van der Waals surface area contributed by atoms with Gasteiger partial charge in [-0.25, -0.2) is 9.97 Å². The van der Waals surface area contributed by atoms with Crippen LogP contribution in [0.2, 0.25) is 0 Å². The van der Waals surface area contributed by atoms with Crippen LogP contribution in [0.1, 0.15) is 29.3 Å². The second-order valence-electron chi connectivity index (χ2n) is 8.01. The van der Waals surface area contributed by atoms with E-state index in [-0.39, 0.29) is 33.3 Å². The van der Waals surface area contributed by atoms with Crippen molar-refractivity contribution in [2.45, 2.75) is 25.2 Å². The summed E-state index contributed by atoms with van der Waals surface area (Å²) >= 11 is 0. The van der Waals surface area contributed by atoms with Crippen molar-refractivity contribution in [2.75, 3.05) is 0 Å². The van der Waals surface area contributed by atoms with Crippen molar-refractivity contribution < 1.29 is 26.4 Å². The molecule has 0 aliphatic heterocycles. The highest BCUT2D eigenvalue weighted by molar-refractivity contribution is 5.74. The number of para-hydroxylation sites is 4. The van der Waals surface area contributed by atoms with Crippen LogP contribution in [0.5, 0.6) is 0 Å². The molecule has 0 bridgehead atoms. The highest BCUT2D eigenvalue weighted by atomic mass is 19.3. The van der Waals surface area contributed by atoms with Gasteiger partial charge < -0.3 is 8.83 Å². The smallest absolute Gasteiger partial charge is 0.341 e. The standard InChI is InChI=1S/C26H18F4N2O2/c1-16-10-12-17(13-11-16)18(14-25(27,28)23-31-19-6-2-4-8-21(19)33-23)15-26(29,30)24-32-20-7-3-5-9-22(20)34-24/h2-14H,15H2,1H3/b18-14-. The van der Waals surface area contributed by atoms with Crippen molar-refractivity contribution in [2.24, 2.45) is 0 Å². The molecule has 0 radical (unpaired) electrons. The predicted molar refractivity (Wildman–Crippen MR) is 120 cm³/mol. The molecule has 0 spiro atoms. The molecule has 4 nitrogen and oxygen atoms in total. The first-order valence-corrected chi connectivity index (χ1v) is 10.5. The van der Waals surface area contributed by atoms with Crippen LogP contribution in [0.3, 0.4) is 0 Å². The van der Waals surface area contributed by atoms with Crippen LogP contribution in [0.15, 0.2) is 87.7 Å². The number of benzene rings is 3. The van der Waals surface area contributed by atoms with Crippen molar-refractivity contribution in [3.8, 4) is 0 Å². The van der Waals surface area contributed by atoms with Crippen molar-refractivity contribution >= 4 is 27.8 Å². The van der Waals surface area contributed by atoms with E-state index in [4.69, 9.17) is 8.83 Å². The minimum absolute atomic E-state index is 0.180. The Bertz CT molecular complexity index is 1430. The van der Waals surface area contributed by atoms with Gasteiger partial charge in [-0.2, -0.15) is 17.6 Å². The van der Waals surface area contributed by atoms with Gasteiger partial charge in [-0.05, 0) is 48.4 Å². The summed E-state index contributed by atoms with van der Waals surface area (Å²) < 4.78 is 71.5. The zero-order valence-electron chi connectivity index (χ0n) is 17.9. The Hall–Kier alpha value is -3.94. The van der Waals surface area contributed by atoms with Gasteiger partial charge in [-0.3, -0.25) is 0 Å². The molecular formula is C26H18F4N2O2. The monoisotopic (exact) mass is 466 g/mol. The van der Waals surface area contributed by atoms with Gasteiger partial charge in [0.2, 0.25) is 0 Å². The van der Waals surface area contributed by atoms with Crippen LogP contribution in [0.25, 0.3) is 27.8 Å². The van der Waals surface area contributed by atoms with Crippen LogP contribution >= 0.6 is 0 Å². The molecule has 3 aromatic carbocycles. The zero-order chi connectivity index (χ0) is 23.9. The van der Waals surface area contributed by atoms with E-state index >= 15 is 17.6 Å². The lowest BCUT2D eigenvalue weighted by molar-refractivity contribution is -0.0252. The number of hydrogen-bond acceptors (Lipinski definition) is 4. The van der Waals surface area contributed by atoms with Gasteiger partial charge in [0.05, 0.1) is 0 Å². The van der Waals surface area contributed by atoms with E-state index in [0.717, 1.165) is 5.56 Å². The predicted octanol–water partition coefficient (Wildman–Crippen LogP) is 7.63. The number of fused-ring (bicyclic) bond motifs is 2. The third-order valence-corrected chi connectivity index (χ3v) is 5.38. The molecule has 0 aliphatic carbocycles. The van der Waals surface area contributed by atoms with E-state index in [1.165, 1.54) is 36.4 Å². The molecule has 5 rings (SSSR count). The Morgan fingerprint density at radius 1 is 0.765 bits per heavy atom. The summed E-state index contributed by atoms with van der Waals surface area (Å²) in [5.74, 6) is -9.09. The number of halogens is 4. The summed E-state index contributed by atoms with van der Waals surface area (Å²) in [5.41, 5.74) is 1.67. The number of hydrogen-bond donors (Lipinski definition) is 0. The first kappa shape index (κ1) is 21.9. The Morgan fingerprint density at radius 2 is 1.29 bits per heavy atom. The maximum absolute atomic E-state index is 15.3. The average molecular weight is 466 g/mol. The summed E-state index contributed by atoms with van der Waals surface area (Å²) in [6, 6.07) is 19.0. The fraction of sp³-hybridized carbons (Fsp3) is 0.154. The Labute approximate surface area is 191 Å². The average Bonchev–Trinajstić information content (AvgIpc) is 3.44. The highest BCUT2D eigenvalue weighted by Crippen LogP contribution is 2.42. The van der Waals surface area contributed by atoms with Crippen LogP contribution in [0, 0.1) is 6.92 Å². The zero-order valence-corrected chi connectivity index (χ0v) is 17.9. The van der Waals surface area contributed by atoms with Gasteiger partial charge in [0.1, 0.15) is 11.0 Å². The number of aryl methyl sites for hydroxylation is 1. The van der Waals surface area contributed by atoms with Crippen LogP contribution in [-0.4, -0.2) is 9.97 Å². The molecule has 5 aromatic rings. The maximum atomic E-state index is 15.3.